The summed E-state index contributed by atoms with van der Waals surface area (Å²) >= 11 is 0. The fraction of sp³-hybridized carbons (Fsp3) is 0.643. The van der Waals surface area contributed by atoms with E-state index in [1.807, 2.05) is 12.4 Å². The standard InChI is InChI=1S/C14H23N3O/c1-3-13(15)14(11-4-7-16-8-5-11)17-9-6-12(10-17)18-2/h4-5,7-8,12-14H,3,6,9-10,15H2,1-2H3. The van der Waals surface area contributed by atoms with E-state index < -0.39 is 0 Å². The van der Waals surface area contributed by atoms with E-state index >= 15 is 0 Å². The Kier molecular flexibility index (Phi) is 4.69. The summed E-state index contributed by atoms with van der Waals surface area (Å²) in [5, 5.41) is 0. The molecule has 2 heterocycles. The van der Waals surface area contributed by atoms with Gasteiger partial charge in [0.25, 0.3) is 0 Å². The third-order valence-corrected chi connectivity index (χ3v) is 3.83. The van der Waals surface area contributed by atoms with Crippen molar-refractivity contribution in [2.24, 2.45) is 5.73 Å². The maximum atomic E-state index is 6.31. The van der Waals surface area contributed by atoms with E-state index in [0.29, 0.717) is 6.10 Å². The Morgan fingerprint density at radius 2 is 2.22 bits per heavy atom. The van der Waals surface area contributed by atoms with E-state index in [2.05, 4.69) is 28.9 Å². The van der Waals surface area contributed by atoms with Crippen LogP contribution in [0.1, 0.15) is 31.4 Å². The van der Waals surface area contributed by atoms with Crippen molar-refractivity contribution in [1.82, 2.24) is 9.88 Å². The smallest absolute Gasteiger partial charge is 0.0710 e. The first-order valence-electron chi connectivity index (χ1n) is 6.68. The van der Waals surface area contributed by atoms with Crippen LogP contribution in [0.2, 0.25) is 0 Å². The molecule has 2 rings (SSSR count). The second kappa shape index (κ2) is 6.27. The van der Waals surface area contributed by atoms with Gasteiger partial charge >= 0.3 is 0 Å². The zero-order chi connectivity index (χ0) is 13.0. The third-order valence-electron chi connectivity index (χ3n) is 3.83. The Hall–Kier alpha value is -0.970. The molecule has 0 spiro atoms. The monoisotopic (exact) mass is 249 g/mol. The molecule has 100 valence electrons. The molecule has 1 aromatic rings. The van der Waals surface area contributed by atoms with Gasteiger partial charge in [0.15, 0.2) is 0 Å². The van der Waals surface area contributed by atoms with E-state index in [4.69, 9.17) is 10.5 Å². The number of methoxy groups -OCH3 is 1. The average molecular weight is 249 g/mol. The van der Waals surface area contributed by atoms with Crippen LogP contribution in [0.5, 0.6) is 0 Å². The van der Waals surface area contributed by atoms with Gasteiger partial charge in [-0.1, -0.05) is 6.92 Å². The lowest BCUT2D eigenvalue weighted by atomic mass is 9.97. The van der Waals surface area contributed by atoms with Crippen molar-refractivity contribution in [2.45, 2.75) is 38.0 Å². The predicted molar refractivity (Wildman–Crippen MR) is 72.2 cm³/mol. The first-order chi connectivity index (χ1) is 8.76. The van der Waals surface area contributed by atoms with Crippen molar-refractivity contribution in [3.8, 4) is 0 Å². The van der Waals surface area contributed by atoms with E-state index in [1.165, 1.54) is 5.56 Å². The molecule has 1 saturated heterocycles. The molecular weight excluding hydrogens is 226 g/mol. The number of rotatable bonds is 5. The summed E-state index contributed by atoms with van der Waals surface area (Å²) < 4.78 is 5.45. The predicted octanol–water partition coefficient (Wildman–Crippen LogP) is 1.58. The number of nitrogens with two attached hydrogens (primary N) is 1. The molecule has 4 nitrogen and oxygen atoms in total. The van der Waals surface area contributed by atoms with Crippen LogP contribution in [-0.2, 0) is 4.74 Å². The van der Waals surface area contributed by atoms with Crippen LogP contribution in [0, 0.1) is 0 Å². The van der Waals surface area contributed by atoms with E-state index in [0.717, 1.165) is 25.9 Å². The van der Waals surface area contributed by atoms with Crippen LogP contribution in [-0.4, -0.2) is 42.2 Å². The van der Waals surface area contributed by atoms with Gasteiger partial charge in [0.2, 0.25) is 0 Å². The van der Waals surface area contributed by atoms with Crippen molar-refractivity contribution in [3.05, 3.63) is 30.1 Å². The zero-order valence-electron chi connectivity index (χ0n) is 11.2. The molecular formula is C14H23N3O. The van der Waals surface area contributed by atoms with Gasteiger partial charge in [-0.25, -0.2) is 0 Å². The highest BCUT2D eigenvalue weighted by Gasteiger charge is 2.31. The van der Waals surface area contributed by atoms with Crippen LogP contribution in [0.15, 0.2) is 24.5 Å². The molecule has 0 aromatic carbocycles. The van der Waals surface area contributed by atoms with E-state index in [9.17, 15) is 0 Å². The molecule has 0 bridgehead atoms. The number of pyridine rings is 1. The van der Waals surface area contributed by atoms with Crippen LogP contribution in [0.4, 0.5) is 0 Å². The highest BCUT2D eigenvalue weighted by Crippen LogP contribution is 2.28. The Morgan fingerprint density at radius 3 is 2.78 bits per heavy atom. The lowest BCUT2D eigenvalue weighted by Gasteiger charge is -2.32. The molecule has 2 N–H and O–H groups in total. The first kappa shape index (κ1) is 13.5. The summed E-state index contributed by atoms with van der Waals surface area (Å²) in [6.07, 6.45) is 6.09. The van der Waals surface area contributed by atoms with Gasteiger partial charge in [0, 0.05) is 38.6 Å². The quantitative estimate of drug-likeness (QED) is 0.861. The summed E-state index contributed by atoms with van der Waals surface area (Å²) in [7, 11) is 1.79. The Morgan fingerprint density at radius 1 is 1.50 bits per heavy atom. The van der Waals surface area contributed by atoms with Gasteiger partial charge < -0.3 is 10.5 Å². The van der Waals surface area contributed by atoms with Crippen LogP contribution in [0.3, 0.4) is 0 Å². The number of likely N-dealkylation sites (tertiary alicyclic amines) is 1. The number of hydrogen-bond donors (Lipinski definition) is 1. The lowest BCUT2D eigenvalue weighted by molar-refractivity contribution is 0.0971. The van der Waals surface area contributed by atoms with Gasteiger partial charge in [-0.3, -0.25) is 9.88 Å². The minimum absolute atomic E-state index is 0.156. The van der Waals surface area contributed by atoms with Crippen LogP contribution >= 0.6 is 0 Å². The number of hydrogen-bond acceptors (Lipinski definition) is 4. The normalized spacial score (nSPS) is 24.1. The molecule has 1 aliphatic rings. The SMILES string of the molecule is CCC(N)C(c1ccncc1)N1CCC(OC)C1. The summed E-state index contributed by atoms with van der Waals surface area (Å²) in [6, 6.07) is 4.57. The molecule has 0 saturated carbocycles. The van der Waals surface area contributed by atoms with Crippen LogP contribution in [0.25, 0.3) is 0 Å². The summed E-state index contributed by atoms with van der Waals surface area (Å²) in [6.45, 7) is 4.17. The van der Waals surface area contributed by atoms with E-state index in [1.54, 1.807) is 7.11 Å². The average Bonchev–Trinajstić information content (AvgIpc) is 2.88. The summed E-state index contributed by atoms with van der Waals surface area (Å²) in [5.41, 5.74) is 7.57. The van der Waals surface area contributed by atoms with Crippen molar-refractivity contribution in [2.75, 3.05) is 20.2 Å². The topological polar surface area (TPSA) is 51.4 Å². The Bertz CT molecular complexity index is 357. The van der Waals surface area contributed by atoms with Crippen molar-refractivity contribution in [3.63, 3.8) is 0 Å². The maximum absolute atomic E-state index is 6.31. The molecule has 3 unspecified atom stereocenters. The number of ether oxygens (including phenoxy) is 1. The molecule has 1 fully saturated rings. The highest BCUT2D eigenvalue weighted by molar-refractivity contribution is 5.18. The van der Waals surface area contributed by atoms with Crippen molar-refractivity contribution >= 4 is 0 Å². The molecule has 4 heteroatoms. The molecule has 18 heavy (non-hydrogen) atoms. The van der Waals surface area contributed by atoms with Gasteiger partial charge in [-0.05, 0) is 30.5 Å². The molecule has 1 aliphatic heterocycles. The lowest BCUT2D eigenvalue weighted by Crippen LogP contribution is -2.40. The van der Waals surface area contributed by atoms with Gasteiger partial charge in [-0.15, -0.1) is 0 Å². The third kappa shape index (κ3) is 2.88. The molecule has 3 atom stereocenters. The largest absolute Gasteiger partial charge is 0.380 e. The fourth-order valence-electron chi connectivity index (χ4n) is 2.71. The summed E-state index contributed by atoms with van der Waals surface area (Å²) in [5.74, 6) is 0. The minimum atomic E-state index is 0.156. The van der Waals surface area contributed by atoms with Gasteiger partial charge in [0.1, 0.15) is 0 Å². The second-order valence-electron chi connectivity index (χ2n) is 4.94. The zero-order valence-corrected chi connectivity index (χ0v) is 11.2. The molecule has 0 radical (unpaired) electrons. The van der Waals surface area contributed by atoms with Crippen molar-refractivity contribution < 1.29 is 4.74 Å². The summed E-state index contributed by atoms with van der Waals surface area (Å²) in [4.78, 5) is 6.53. The molecule has 1 aromatic heterocycles. The van der Waals surface area contributed by atoms with E-state index in [-0.39, 0.29) is 12.1 Å². The Labute approximate surface area is 109 Å². The van der Waals surface area contributed by atoms with Crippen molar-refractivity contribution in [1.29, 1.82) is 0 Å². The molecule has 0 aliphatic carbocycles. The second-order valence-corrected chi connectivity index (χ2v) is 4.94. The molecule has 0 amide bonds. The van der Waals surface area contributed by atoms with Gasteiger partial charge in [0.05, 0.1) is 12.1 Å². The fourth-order valence-corrected chi connectivity index (χ4v) is 2.71. The first-order valence-corrected chi connectivity index (χ1v) is 6.68. The number of aromatic nitrogens is 1. The maximum Gasteiger partial charge on any atom is 0.0710 e. The minimum Gasteiger partial charge on any atom is -0.380 e. The van der Waals surface area contributed by atoms with Gasteiger partial charge in [-0.2, -0.15) is 0 Å². The Balaban J connectivity index is 2.16. The number of nitrogens with zero attached hydrogens (tertiary/aromatic N) is 2. The van der Waals surface area contributed by atoms with Crippen LogP contribution < -0.4 is 5.73 Å². The highest BCUT2D eigenvalue weighted by atomic mass is 16.5.